The Kier molecular flexibility index (Phi) is 5.04. The number of carbonyl (C=O) groups excluding carboxylic acids is 2. The van der Waals surface area contributed by atoms with E-state index in [0.717, 1.165) is 50.9 Å². The quantitative estimate of drug-likeness (QED) is 0.765. The van der Waals surface area contributed by atoms with Gasteiger partial charge in [0.2, 0.25) is 11.8 Å². The third-order valence-electron chi connectivity index (χ3n) is 5.28. The van der Waals surface area contributed by atoms with Crippen molar-refractivity contribution in [1.29, 1.82) is 0 Å². The molecule has 0 unspecified atom stereocenters. The number of nitrogens with one attached hydrogen (secondary N) is 1. The normalized spacial score (nSPS) is 23.5. The van der Waals surface area contributed by atoms with Gasteiger partial charge in [-0.2, -0.15) is 0 Å². The first-order chi connectivity index (χ1) is 11.6. The highest BCUT2D eigenvalue weighted by atomic mass is 16.2. The Hall–Kier alpha value is -2.08. The van der Waals surface area contributed by atoms with Gasteiger partial charge in [0.1, 0.15) is 0 Å². The molecule has 3 rings (SSSR count). The van der Waals surface area contributed by atoms with Gasteiger partial charge >= 0.3 is 0 Å². The van der Waals surface area contributed by atoms with Gasteiger partial charge in [-0.05, 0) is 56.3 Å². The number of amides is 2. The van der Waals surface area contributed by atoms with Crippen LogP contribution in [0.4, 0.5) is 11.4 Å². The highest BCUT2D eigenvalue weighted by Crippen LogP contribution is 2.34. The van der Waals surface area contributed by atoms with Gasteiger partial charge in [-0.25, -0.2) is 0 Å². The number of primary amides is 1. The second-order valence-electron chi connectivity index (χ2n) is 6.81. The topological polar surface area (TPSA) is 101 Å². The number of anilines is 2. The molecule has 5 N–H and O–H groups in total. The second kappa shape index (κ2) is 7.21. The fourth-order valence-corrected chi connectivity index (χ4v) is 3.91. The van der Waals surface area contributed by atoms with Crippen molar-refractivity contribution in [2.24, 2.45) is 23.3 Å². The number of nitrogens with zero attached hydrogens (tertiary/aromatic N) is 1. The fraction of sp³-hybridized carbons (Fsp3) is 0.556. The number of hydrogen-bond donors (Lipinski definition) is 3. The van der Waals surface area contributed by atoms with Crippen molar-refractivity contribution >= 4 is 23.2 Å². The van der Waals surface area contributed by atoms with Gasteiger partial charge in [0, 0.05) is 24.6 Å². The molecule has 1 aromatic carbocycles. The third kappa shape index (κ3) is 3.38. The van der Waals surface area contributed by atoms with Crippen molar-refractivity contribution in [2.45, 2.75) is 32.1 Å². The Balaban J connectivity index is 1.85. The Bertz CT molecular complexity index is 625. The van der Waals surface area contributed by atoms with Crippen LogP contribution in [0.3, 0.4) is 0 Å². The Morgan fingerprint density at radius 1 is 1.17 bits per heavy atom. The van der Waals surface area contributed by atoms with Crippen LogP contribution in [-0.4, -0.2) is 31.4 Å². The molecule has 1 aliphatic heterocycles. The lowest BCUT2D eigenvalue weighted by atomic mass is 9.95. The molecule has 6 heteroatoms. The van der Waals surface area contributed by atoms with Crippen LogP contribution in [0.1, 0.15) is 42.5 Å². The molecule has 0 bridgehead atoms. The minimum atomic E-state index is -0.487. The first kappa shape index (κ1) is 16.8. The summed E-state index contributed by atoms with van der Waals surface area (Å²) >= 11 is 0. The molecule has 2 aliphatic rings. The van der Waals surface area contributed by atoms with E-state index in [2.05, 4.69) is 10.2 Å². The van der Waals surface area contributed by atoms with Crippen LogP contribution in [0.5, 0.6) is 0 Å². The van der Waals surface area contributed by atoms with Crippen molar-refractivity contribution in [3.8, 4) is 0 Å². The van der Waals surface area contributed by atoms with Crippen LogP contribution >= 0.6 is 0 Å². The van der Waals surface area contributed by atoms with Crippen LogP contribution in [0.15, 0.2) is 18.2 Å². The monoisotopic (exact) mass is 330 g/mol. The molecule has 0 aromatic heterocycles. The van der Waals surface area contributed by atoms with Crippen molar-refractivity contribution in [2.75, 3.05) is 29.9 Å². The van der Waals surface area contributed by atoms with E-state index in [9.17, 15) is 9.59 Å². The SMILES string of the molecule is NC[C@H]1CCC[C@H]1C(=O)Nc1cc(C(N)=O)ccc1N1CCCC1. The molecule has 2 amide bonds. The van der Waals surface area contributed by atoms with Gasteiger partial charge < -0.3 is 21.7 Å². The molecule has 130 valence electrons. The van der Waals surface area contributed by atoms with Gasteiger partial charge in [0.15, 0.2) is 0 Å². The predicted octanol–water partition coefficient (Wildman–Crippen LogP) is 1.70. The average Bonchev–Trinajstić information content (AvgIpc) is 3.26. The van der Waals surface area contributed by atoms with Crippen LogP contribution in [0, 0.1) is 11.8 Å². The second-order valence-corrected chi connectivity index (χ2v) is 6.81. The van der Waals surface area contributed by atoms with E-state index in [1.165, 1.54) is 0 Å². The molecule has 24 heavy (non-hydrogen) atoms. The maximum absolute atomic E-state index is 12.7. The minimum absolute atomic E-state index is 0.00465. The number of carbonyl (C=O) groups is 2. The van der Waals surface area contributed by atoms with Crippen LogP contribution in [0.2, 0.25) is 0 Å². The number of nitrogens with two attached hydrogens (primary N) is 2. The predicted molar refractivity (Wildman–Crippen MR) is 94.9 cm³/mol. The molecular formula is C18H26N4O2. The molecule has 6 nitrogen and oxygen atoms in total. The summed E-state index contributed by atoms with van der Waals surface area (Å²) < 4.78 is 0. The number of hydrogen-bond acceptors (Lipinski definition) is 4. The summed E-state index contributed by atoms with van der Waals surface area (Å²) in [4.78, 5) is 26.5. The standard InChI is InChI=1S/C18H26N4O2/c19-11-13-4-3-5-14(13)18(24)21-15-10-12(17(20)23)6-7-16(15)22-8-1-2-9-22/h6-7,10,13-14H,1-5,8-9,11,19H2,(H2,20,23)(H,21,24)/t13-,14-/m1/s1. The average molecular weight is 330 g/mol. The van der Waals surface area contributed by atoms with Crippen molar-refractivity contribution in [1.82, 2.24) is 0 Å². The summed E-state index contributed by atoms with van der Waals surface area (Å²) in [5.41, 5.74) is 13.3. The van der Waals surface area contributed by atoms with E-state index in [4.69, 9.17) is 11.5 Å². The molecule has 1 aliphatic carbocycles. The summed E-state index contributed by atoms with van der Waals surface area (Å²) in [6, 6.07) is 5.31. The molecule has 0 radical (unpaired) electrons. The maximum Gasteiger partial charge on any atom is 0.248 e. The van der Waals surface area contributed by atoms with Crippen LogP contribution < -0.4 is 21.7 Å². The zero-order valence-electron chi connectivity index (χ0n) is 14.0. The van der Waals surface area contributed by atoms with E-state index in [0.29, 0.717) is 17.8 Å². The van der Waals surface area contributed by atoms with Gasteiger partial charge in [-0.1, -0.05) is 6.42 Å². The smallest absolute Gasteiger partial charge is 0.248 e. The van der Waals surface area contributed by atoms with Gasteiger partial charge in [-0.3, -0.25) is 9.59 Å². The first-order valence-corrected chi connectivity index (χ1v) is 8.80. The van der Waals surface area contributed by atoms with E-state index in [1.807, 2.05) is 6.07 Å². The van der Waals surface area contributed by atoms with Crippen LogP contribution in [0.25, 0.3) is 0 Å². The van der Waals surface area contributed by atoms with Crippen molar-refractivity contribution < 1.29 is 9.59 Å². The summed E-state index contributed by atoms with van der Waals surface area (Å²) in [5, 5.41) is 3.04. The molecule has 1 saturated carbocycles. The highest BCUT2D eigenvalue weighted by molar-refractivity contribution is 6.00. The Morgan fingerprint density at radius 3 is 2.58 bits per heavy atom. The summed E-state index contributed by atoms with van der Waals surface area (Å²) in [5.74, 6) is -0.276. The lowest BCUT2D eigenvalue weighted by Crippen LogP contribution is -2.30. The molecule has 0 spiro atoms. The minimum Gasteiger partial charge on any atom is -0.370 e. The maximum atomic E-state index is 12.7. The van der Waals surface area contributed by atoms with Crippen molar-refractivity contribution in [3.05, 3.63) is 23.8 Å². The zero-order chi connectivity index (χ0) is 17.1. The van der Waals surface area contributed by atoms with Crippen LogP contribution in [-0.2, 0) is 4.79 Å². The molecule has 1 aromatic rings. The fourth-order valence-electron chi connectivity index (χ4n) is 3.91. The molecular weight excluding hydrogens is 304 g/mol. The van der Waals surface area contributed by atoms with E-state index in [1.54, 1.807) is 12.1 Å². The highest BCUT2D eigenvalue weighted by Gasteiger charge is 2.32. The number of rotatable bonds is 5. The largest absolute Gasteiger partial charge is 0.370 e. The summed E-state index contributed by atoms with van der Waals surface area (Å²) in [6.07, 6.45) is 5.21. The lowest BCUT2D eigenvalue weighted by molar-refractivity contribution is -0.120. The Morgan fingerprint density at radius 2 is 1.92 bits per heavy atom. The molecule has 2 atom stereocenters. The summed E-state index contributed by atoms with van der Waals surface area (Å²) in [6.45, 7) is 2.47. The van der Waals surface area contributed by atoms with E-state index in [-0.39, 0.29) is 17.7 Å². The number of benzene rings is 1. The molecule has 2 fully saturated rings. The van der Waals surface area contributed by atoms with E-state index < -0.39 is 5.91 Å². The zero-order valence-corrected chi connectivity index (χ0v) is 14.0. The third-order valence-corrected chi connectivity index (χ3v) is 5.28. The summed E-state index contributed by atoms with van der Waals surface area (Å²) in [7, 11) is 0. The van der Waals surface area contributed by atoms with Gasteiger partial charge in [-0.15, -0.1) is 0 Å². The van der Waals surface area contributed by atoms with E-state index >= 15 is 0 Å². The molecule has 1 heterocycles. The van der Waals surface area contributed by atoms with Gasteiger partial charge in [0.05, 0.1) is 11.4 Å². The first-order valence-electron chi connectivity index (χ1n) is 8.80. The Labute approximate surface area is 142 Å². The van der Waals surface area contributed by atoms with Gasteiger partial charge in [0.25, 0.3) is 0 Å². The van der Waals surface area contributed by atoms with Crippen molar-refractivity contribution in [3.63, 3.8) is 0 Å². The lowest BCUT2D eigenvalue weighted by Gasteiger charge is -2.24. The molecule has 1 saturated heterocycles.